The standard InChI is InChI=1S/C14H14Cl2N2O2S/c1-8-3-4-9(2)13(5-8)18-21(19,20)14-11(15)6-10(17)7-12(14)16/h3-7,18H,17H2,1-2H3. The van der Waals surface area contributed by atoms with Crippen molar-refractivity contribution in [3.05, 3.63) is 51.5 Å². The van der Waals surface area contributed by atoms with E-state index in [1.807, 2.05) is 26.0 Å². The quantitative estimate of drug-likeness (QED) is 0.826. The highest BCUT2D eigenvalue weighted by Gasteiger charge is 2.23. The summed E-state index contributed by atoms with van der Waals surface area (Å²) < 4.78 is 27.5. The molecule has 0 atom stereocenters. The van der Waals surface area contributed by atoms with Gasteiger partial charge in [0.15, 0.2) is 0 Å². The molecule has 0 aliphatic heterocycles. The van der Waals surface area contributed by atoms with E-state index in [2.05, 4.69) is 4.72 Å². The van der Waals surface area contributed by atoms with E-state index < -0.39 is 10.0 Å². The maximum absolute atomic E-state index is 12.5. The van der Waals surface area contributed by atoms with Crippen LogP contribution in [0.15, 0.2) is 35.2 Å². The number of nitrogens with two attached hydrogens (primary N) is 1. The van der Waals surface area contributed by atoms with E-state index in [0.29, 0.717) is 11.4 Å². The summed E-state index contributed by atoms with van der Waals surface area (Å²) in [4.78, 5) is -0.180. The van der Waals surface area contributed by atoms with Crippen molar-refractivity contribution in [1.29, 1.82) is 0 Å². The molecule has 7 heteroatoms. The minimum absolute atomic E-state index is 0.0159. The number of sulfonamides is 1. The number of hydrogen-bond acceptors (Lipinski definition) is 3. The molecule has 0 saturated heterocycles. The summed E-state index contributed by atoms with van der Waals surface area (Å²) in [5, 5.41) is -0.0318. The molecule has 0 aliphatic carbocycles. The second-order valence-electron chi connectivity index (χ2n) is 4.74. The topological polar surface area (TPSA) is 72.2 Å². The van der Waals surface area contributed by atoms with Gasteiger partial charge in [-0.2, -0.15) is 0 Å². The summed E-state index contributed by atoms with van der Waals surface area (Å²) >= 11 is 11.9. The van der Waals surface area contributed by atoms with Crippen LogP contribution >= 0.6 is 23.2 Å². The highest BCUT2D eigenvalue weighted by molar-refractivity contribution is 7.93. The van der Waals surface area contributed by atoms with Crippen molar-refractivity contribution in [2.45, 2.75) is 18.7 Å². The van der Waals surface area contributed by atoms with Gasteiger partial charge in [0.2, 0.25) is 0 Å². The van der Waals surface area contributed by atoms with E-state index in [1.54, 1.807) is 6.07 Å². The zero-order chi connectivity index (χ0) is 15.8. The van der Waals surface area contributed by atoms with Crippen molar-refractivity contribution in [1.82, 2.24) is 0 Å². The van der Waals surface area contributed by atoms with Gasteiger partial charge in [-0.1, -0.05) is 35.3 Å². The van der Waals surface area contributed by atoms with Crippen LogP contribution in [0, 0.1) is 13.8 Å². The number of hydrogen-bond donors (Lipinski definition) is 2. The first kappa shape index (κ1) is 15.9. The summed E-state index contributed by atoms with van der Waals surface area (Å²) in [6.45, 7) is 3.68. The van der Waals surface area contributed by atoms with Crippen LogP contribution in [0.4, 0.5) is 11.4 Å². The number of benzene rings is 2. The zero-order valence-corrected chi connectivity index (χ0v) is 13.8. The molecule has 2 aromatic carbocycles. The van der Waals surface area contributed by atoms with Crippen LogP contribution in [0.2, 0.25) is 10.0 Å². The highest BCUT2D eigenvalue weighted by atomic mass is 35.5. The minimum Gasteiger partial charge on any atom is -0.399 e. The van der Waals surface area contributed by atoms with E-state index in [0.717, 1.165) is 11.1 Å². The van der Waals surface area contributed by atoms with Gasteiger partial charge in [0.25, 0.3) is 10.0 Å². The Kier molecular flexibility index (Phi) is 4.37. The van der Waals surface area contributed by atoms with Crippen LogP contribution in [-0.2, 0) is 10.0 Å². The molecule has 112 valence electrons. The summed E-state index contributed by atoms with van der Waals surface area (Å²) in [6, 6.07) is 8.18. The third-order valence-electron chi connectivity index (χ3n) is 2.93. The average molecular weight is 345 g/mol. The zero-order valence-electron chi connectivity index (χ0n) is 11.4. The molecule has 0 aliphatic rings. The summed E-state index contributed by atoms with van der Waals surface area (Å²) in [6.07, 6.45) is 0. The molecular formula is C14H14Cl2N2O2S. The van der Waals surface area contributed by atoms with Crippen molar-refractivity contribution >= 4 is 44.6 Å². The molecule has 3 N–H and O–H groups in total. The maximum atomic E-state index is 12.5. The normalized spacial score (nSPS) is 11.4. The fourth-order valence-electron chi connectivity index (χ4n) is 1.88. The van der Waals surface area contributed by atoms with Gasteiger partial charge in [-0.25, -0.2) is 8.42 Å². The van der Waals surface area contributed by atoms with Crippen molar-refractivity contribution in [2.24, 2.45) is 0 Å². The number of halogens is 2. The number of rotatable bonds is 3. The number of nitrogen functional groups attached to an aromatic ring is 1. The van der Waals surface area contributed by atoms with Crippen LogP contribution in [0.3, 0.4) is 0 Å². The molecule has 0 saturated carbocycles. The Morgan fingerprint density at radius 3 is 2.19 bits per heavy atom. The molecule has 2 rings (SSSR count). The molecular weight excluding hydrogens is 331 g/mol. The molecule has 0 aromatic heterocycles. The Morgan fingerprint density at radius 2 is 1.62 bits per heavy atom. The van der Waals surface area contributed by atoms with E-state index in [1.165, 1.54) is 12.1 Å². The van der Waals surface area contributed by atoms with Gasteiger partial charge in [0, 0.05) is 5.69 Å². The van der Waals surface area contributed by atoms with Crippen LogP contribution in [0.25, 0.3) is 0 Å². The van der Waals surface area contributed by atoms with Crippen LogP contribution in [0.1, 0.15) is 11.1 Å². The number of anilines is 2. The Bertz CT molecular complexity index is 782. The molecule has 0 fully saturated rings. The molecule has 4 nitrogen and oxygen atoms in total. The summed E-state index contributed by atoms with van der Waals surface area (Å²) in [5.74, 6) is 0. The first-order valence-electron chi connectivity index (χ1n) is 6.05. The molecule has 0 radical (unpaired) electrons. The molecule has 0 bridgehead atoms. The summed E-state index contributed by atoms with van der Waals surface area (Å²) in [7, 11) is -3.90. The Morgan fingerprint density at radius 1 is 1.05 bits per heavy atom. The third kappa shape index (κ3) is 3.43. The molecule has 0 unspecified atom stereocenters. The van der Waals surface area contributed by atoms with Crippen LogP contribution in [-0.4, -0.2) is 8.42 Å². The lowest BCUT2D eigenvalue weighted by atomic mass is 10.1. The van der Waals surface area contributed by atoms with Gasteiger partial charge >= 0.3 is 0 Å². The Hall–Kier alpha value is -1.43. The predicted molar refractivity (Wildman–Crippen MR) is 87.6 cm³/mol. The summed E-state index contributed by atoms with van der Waals surface area (Å²) in [5.41, 5.74) is 8.11. The third-order valence-corrected chi connectivity index (χ3v) is 5.21. The smallest absolute Gasteiger partial charge is 0.264 e. The van der Waals surface area contributed by atoms with Crippen molar-refractivity contribution in [2.75, 3.05) is 10.5 Å². The monoisotopic (exact) mass is 344 g/mol. The SMILES string of the molecule is Cc1ccc(C)c(NS(=O)(=O)c2c(Cl)cc(N)cc2Cl)c1. The van der Waals surface area contributed by atoms with Crippen molar-refractivity contribution in [3.63, 3.8) is 0 Å². The Labute approximate surface area is 133 Å². The molecule has 0 amide bonds. The Balaban J connectivity index is 2.51. The second kappa shape index (κ2) is 5.75. The fourth-order valence-corrected chi connectivity index (χ4v) is 4.23. The van der Waals surface area contributed by atoms with Gasteiger partial charge in [-0.15, -0.1) is 0 Å². The molecule has 0 heterocycles. The largest absolute Gasteiger partial charge is 0.399 e. The minimum atomic E-state index is -3.90. The predicted octanol–water partition coefficient (Wildman–Crippen LogP) is 3.99. The molecule has 0 spiro atoms. The maximum Gasteiger partial charge on any atom is 0.264 e. The molecule has 21 heavy (non-hydrogen) atoms. The number of nitrogens with one attached hydrogen (secondary N) is 1. The van der Waals surface area contributed by atoms with Gasteiger partial charge in [-0.05, 0) is 43.2 Å². The second-order valence-corrected chi connectivity index (χ2v) is 7.17. The van der Waals surface area contributed by atoms with Crippen LogP contribution in [0.5, 0.6) is 0 Å². The first-order valence-corrected chi connectivity index (χ1v) is 8.29. The first-order chi connectivity index (χ1) is 9.70. The van der Waals surface area contributed by atoms with Gasteiger partial charge in [0.1, 0.15) is 4.90 Å². The lowest BCUT2D eigenvalue weighted by molar-refractivity contribution is 0.601. The van der Waals surface area contributed by atoms with E-state index in [4.69, 9.17) is 28.9 Å². The van der Waals surface area contributed by atoms with Gasteiger partial charge in [0.05, 0.1) is 15.7 Å². The van der Waals surface area contributed by atoms with Crippen molar-refractivity contribution in [3.8, 4) is 0 Å². The van der Waals surface area contributed by atoms with E-state index in [-0.39, 0.29) is 14.9 Å². The highest BCUT2D eigenvalue weighted by Crippen LogP contribution is 2.33. The average Bonchev–Trinajstić information content (AvgIpc) is 2.31. The number of aryl methyl sites for hydroxylation is 2. The lowest BCUT2D eigenvalue weighted by Crippen LogP contribution is -2.15. The van der Waals surface area contributed by atoms with Crippen LogP contribution < -0.4 is 10.5 Å². The van der Waals surface area contributed by atoms with E-state index in [9.17, 15) is 8.42 Å². The fraction of sp³-hybridized carbons (Fsp3) is 0.143. The lowest BCUT2D eigenvalue weighted by Gasteiger charge is -2.14. The molecule has 2 aromatic rings. The van der Waals surface area contributed by atoms with Crippen molar-refractivity contribution < 1.29 is 8.42 Å². The van der Waals surface area contributed by atoms with Gasteiger partial charge < -0.3 is 5.73 Å². The van der Waals surface area contributed by atoms with E-state index >= 15 is 0 Å². The van der Waals surface area contributed by atoms with Gasteiger partial charge in [-0.3, -0.25) is 4.72 Å².